The summed E-state index contributed by atoms with van der Waals surface area (Å²) in [5.74, 6) is 1.19. The monoisotopic (exact) mass is 575 g/mol. The van der Waals surface area contributed by atoms with Crippen molar-refractivity contribution in [3.8, 4) is 11.8 Å². The van der Waals surface area contributed by atoms with Crippen molar-refractivity contribution in [2.45, 2.75) is 10.1 Å². The van der Waals surface area contributed by atoms with Crippen LogP contribution in [-0.4, -0.2) is 129 Å². The summed E-state index contributed by atoms with van der Waals surface area (Å²) in [6.45, 7) is 13.6. The molecule has 4 rings (SSSR count). The molecular formula is C25H37N9O5S. The van der Waals surface area contributed by atoms with Crippen molar-refractivity contribution in [2.75, 3.05) is 109 Å². The van der Waals surface area contributed by atoms with E-state index in [4.69, 9.17) is 24.7 Å². The number of piperazine rings is 1. The molecule has 1 amide bonds. The van der Waals surface area contributed by atoms with Crippen LogP contribution < -0.4 is 25.4 Å². The predicted octanol–water partition coefficient (Wildman–Crippen LogP) is 0.613. The second-order valence-corrected chi connectivity index (χ2v) is 10.00. The topological polar surface area (TPSA) is 153 Å². The SMILES string of the molecule is C=CC(=O)Nc1cc(N)nc(Sc2c(OC)nc(N3CCN(CCOCCN4CCOCC4)CC3)nc2OC)n1. The molecule has 0 aromatic carbocycles. The fraction of sp³-hybridized carbons (Fsp3) is 0.560. The maximum absolute atomic E-state index is 11.7. The fourth-order valence-electron chi connectivity index (χ4n) is 4.21. The number of anilines is 3. The molecule has 0 saturated carbocycles. The summed E-state index contributed by atoms with van der Waals surface area (Å²) >= 11 is 1.13. The summed E-state index contributed by atoms with van der Waals surface area (Å²) < 4.78 is 22.4. The number of aromatic nitrogens is 4. The number of nitrogen functional groups attached to an aromatic ring is 1. The van der Waals surface area contributed by atoms with Crippen molar-refractivity contribution >= 4 is 35.3 Å². The molecular weight excluding hydrogens is 538 g/mol. The predicted molar refractivity (Wildman–Crippen MR) is 151 cm³/mol. The molecule has 0 unspecified atom stereocenters. The van der Waals surface area contributed by atoms with Crippen molar-refractivity contribution in [2.24, 2.45) is 0 Å². The lowest BCUT2D eigenvalue weighted by Gasteiger charge is -2.34. The van der Waals surface area contributed by atoms with Crippen LogP contribution in [0, 0.1) is 0 Å². The van der Waals surface area contributed by atoms with Crippen LogP contribution in [0.25, 0.3) is 0 Å². The molecule has 2 aromatic heterocycles. The van der Waals surface area contributed by atoms with E-state index in [0.29, 0.717) is 29.2 Å². The van der Waals surface area contributed by atoms with Gasteiger partial charge in [-0.25, -0.2) is 9.97 Å². The summed E-state index contributed by atoms with van der Waals surface area (Å²) in [5, 5.41) is 2.86. The second-order valence-electron chi connectivity index (χ2n) is 9.02. The lowest BCUT2D eigenvalue weighted by atomic mass is 10.3. The van der Waals surface area contributed by atoms with Crippen molar-refractivity contribution < 1.29 is 23.7 Å². The van der Waals surface area contributed by atoms with Gasteiger partial charge in [0.2, 0.25) is 23.6 Å². The van der Waals surface area contributed by atoms with Gasteiger partial charge in [-0.15, -0.1) is 0 Å². The lowest BCUT2D eigenvalue weighted by Crippen LogP contribution is -2.48. The zero-order valence-electron chi connectivity index (χ0n) is 23.0. The average Bonchev–Trinajstić information content (AvgIpc) is 2.97. The van der Waals surface area contributed by atoms with Gasteiger partial charge in [0.15, 0.2) is 5.16 Å². The van der Waals surface area contributed by atoms with Gasteiger partial charge in [0, 0.05) is 58.4 Å². The van der Waals surface area contributed by atoms with Crippen LogP contribution in [-0.2, 0) is 14.3 Å². The number of ether oxygens (including phenoxy) is 4. The molecule has 0 spiro atoms. The van der Waals surface area contributed by atoms with Crippen LogP contribution in [0.15, 0.2) is 28.8 Å². The number of amides is 1. The van der Waals surface area contributed by atoms with Gasteiger partial charge in [0.1, 0.15) is 16.5 Å². The van der Waals surface area contributed by atoms with E-state index in [1.54, 1.807) is 0 Å². The highest BCUT2D eigenvalue weighted by Crippen LogP contribution is 2.40. The average molecular weight is 576 g/mol. The first-order valence-electron chi connectivity index (χ1n) is 13.1. The summed E-state index contributed by atoms with van der Waals surface area (Å²) in [5.41, 5.74) is 5.92. The van der Waals surface area contributed by atoms with E-state index in [0.717, 1.165) is 90.0 Å². The molecule has 0 aliphatic carbocycles. The molecule has 0 bridgehead atoms. The number of hydrogen-bond acceptors (Lipinski definition) is 14. The van der Waals surface area contributed by atoms with Crippen molar-refractivity contribution in [3.05, 3.63) is 18.7 Å². The highest BCUT2D eigenvalue weighted by molar-refractivity contribution is 7.99. The molecule has 14 nitrogen and oxygen atoms in total. The Morgan fingerprint density at radius 1 is 1.02 bits per heavy atom. The Morgan fingerprint density at radius 3 is 2.25 bits per heavy atom. The minimum absolute atomic E-state index is 0.188. The largest absolute Gasteiger partial charge is 0.480 e. The highest BCUT2D eigenvalue weighted by atomic mass is 32.2. The molecule has 2 aliphatic rings. The quantitative estimate of drug-likeness (QED) is 0.195. The van der Waals surface area contributed by atoms with Crippen LogP contribution >= 0.6 is 11.8 Å². The summed E-state index contributed by atoms with van der Waals surface area (Å²) in [4.78, 5) is 36.9. The number of morpholine rings is 1. The third-order valence-corrected chi connectivity index (χ3v) is 7.31. The third-order valence-electron chi connectivity index (χ3n) is 6.40. The maximum atomic E-state index is 11.7. The van der Waals surface area contributed by atoms with E-state index in [2.05, 4.69) is 46.5 Å². The molecule has 15 heteroatoms. The molecule has 0 radical (unpaired) electrons. The number of nitrogens with zero attached hydrogens (tertiary/aromatic N) is 7. The van der Waals surface area contributed by atoms with Crippen molar-refractivity contribution in [1.29, 1.82) is 0 Å². The molecule has 40 heavy (non-hydrogen) atoms. The molecule has 4 heterocycles. The van der Waals surface area contributed by atoms with Gasteiger partial charge in [-0.1, -0.05) is 6.58 Å². The van der Waals surface area contributed by atoms with Gasteiger partial charge in [-0.05, 0) is 17.8 Å². The number of nitrogens with two attached hydrogens (primary N) is 1. The van der Waals surface area contributed by atoms with Gasteiger partial charge in [0.05, 0.1) is 40.6 Å². The summed E-state index contributed by atoms with van der Waals surface area (Å²) in [6, 6.07) is 1.46. The first kappa shape index (κ1) is 29.7. The highest BCUT2D eigenvalue weighted by Gasteiger charge is 2.25. The Hall–Kier alpha value is -3.24. The Bertz CT molecular complexity index is 1120. The fourth-order valence-corrected chi connectivity index (χ4v) is 5.12. The molecule has 2 aliphatic heterocycles. The van der Waals surface area contributed by atoms with Crippen molar-refractivity contribution in [3.63, 3.8) is 0 Å². The summed E-state index contributed by atoms with van der Waals surface area (Å²) in [7, 11) is 3.06. The van der Waals surface area contributed by atoms with Crippen LogP contribution in [0.2, 0.25) is 0 Å². The van der Waals surface area contributed by atoms with E-state index < -0.39 is 5.91 Å². The van der Waals surface area contributed by atoms with Gasteiger partial charge in [-0.2, -0.15) is 9.97 Å². The number of carbonyl (C=O) groups is 1. The van der Waals surface area contributed by atoms with Gasteiger partial charge in [-0.3, -0.25) is 14.6 Å². The van der Waals surface area contributed by atoms with E-state index >= 15 is 0 Å². The number of hydrogen-bond donors (Lipinski definition) is 2. The van der Waals surface area contributed by atoms with E-state index in [9.17, 15) is 4.79 Å². The van der Waals surface area contributed by atoms with E-state index in [1.165, 1.54) is 20.3 Å². The number of nitrogens with one attached hydrogen (secondary N) is 1. The smallest absolute Gasteiger partial charge is 0.248 e. The van der Waals surface area contributed by atoms with Gasteiger partial charge >= 0.3 is 0 Å². The van der Waals surface area contributed by atoms with Crippen LogP contribution in [0.5, 0.6) is 11.8 Å². The minimum atomic E-state index is -0.409. The van der Waals surface area contributed by atoms with Gasteiger partial charge < -0.3 is 34.9 Å². The molecule has 0 atom stereocenters. The molecule has 2 saturated heterocycles. The maximum Gasteiger partial charge on any atom is 0.248 e. The molecule has 218 valence electrons. The zero-order chi connectivity index (χ0) is 28.3. The molecule has 2 aromatic rings. The first-order valence-corrected chi connectivity index (χ1v) is 13.9. The van der Waals surface area contributed by atoms with E-state index in [1.807, 2.05) is 0 Å². The van der Waals surface area contributed by atoms with Crippen LogP contribution in [0.4, 0.5) is 17.6 Å². The standard InChI is InChI=1S/C25H37N9O5S/c1-4-20(35)28-19-17-18(26)27-25(29-19)40-21-22(36-2)30-24(31-23(21)37-3)34-7-5-32(6-8-34)9-13-38-14-10-33-11-15-39-16-12-33/h4,17H,1,5-16H2,2-3H3,(H3,26,27,28,29,35). The van der Waals surface area contributed by atoms with Gasteiger partial charge in [0.25, 0.3) is 0 Å². The Morgan fingerprint density at radius 2 is 1.65 bits per heavy atom. The zero-order valence-corrected chi connectivity index (χ0v) is 23.8. The molecule has 2 fully saturated rings. The first-order chi connectivity index (χ1) is 19.5. The minimum Gasteiger partial charge on any atom is -0.480 e. The second kappa shape index (κ2) is 14.9. The Kier molecular flexibility index (Phi) is 11.1. The van der Waals surface area contributed by atoms with Crippen molar-refractivity contribution in [1.82, 2.24) is 29.7 Å². The normalized spacial score (nSPS) is 16.5. The summed E-state index contributed by atoms with van der Waals surface area (Å²) in [6.07, 6.45) is 1.14. The number of methoxy groups -OCH3 is 2. The molecule has 3 N–H and O–H groups in total. The van der Waals surface area contributed by atoms with E-state index in [-0.39, 0.29) is 16.8 Å². The van der Waals surface area contributed by atoms with Crippen LogP contribution in [0.1, 0.15) is 0 Å². The Labute approximate surface area is 238 Å². The number of carbonyl (C=O) groups excluding carboxylic acids is 1. The third kappa shape index (κ3) is 8.38. The van der Waals surface area contributed by atoms with Crippen LogP contribution in [0.3, 0.4) is 0 Å². The lowest BCUT2D eigenvalue weighted by molar-refractivity contribution is -0.111. The Balaban J connectivity index is 1.33. The number of rotatable bonds is 13.